The Labute approximate surface area is 208 Å². The Kier molecular flexibility index (Phi) is 8.84. The highest BCUT2D eigenvalue weighted by atomic mass is 35.5. The van der Waals surface area contributed by atoms with Gasteiger partial charge in [-0.2, -0.15) is 0 Å². The minimum absolute atomic E-state index is 0.198. The number of hydrogen-bond donors (Lipinski definition) is 1. The molecule has 2 amide bonds. The predicted molar refractivity (Wildman–Crippen MR) is 134 cm³/mol. The van der Waals surface area contributed by atoms with E-state index in [1.54, 1.807) is 56.3 Å². The number of carbonyl (C=O) groups is 2. The van der Waals surface area contributed by atoms with E-state index >= 15 is 0 Å². The lowest BCUT2D eigenvalue weighted by Gasteiger charge is -2.30. The number of aromatic nitrogens is 2. The van der Waals surface area contributed by atoms with Gasteiger partial charge in [0.05, 0.1) is 35.8 Å². The summed E-state index contributed by atoms with van der Waals surface area (Å²) >= 11 is 6.37. The molecular formula is C25H29ClN4O5. The molecule has 0 saturated heterocycles. The predicted octanol–water partition coefficient (Wildman–Crippen LogP) is 3.63. The Hall–Kier alpha value is -3.43. The van der Waals surface area contributed by atoms with Crippen LogP contribution >= 0.6 is 11.6 Å². The molecule has 3 rings (SSSR count). The zero-order valence-electron chi connectivity index (χ0n) is 20.2. The zero-order chi connectivity index (χ0) is 25.5. The van der Waals surface area contributed by atoms with Crippen molar-refractivity contribution in [3.8, 4) is 5.69 Å². The van der Waals surface area contributed by atoms with E-state index in [0.717, 1.165) is 0 Å². The van der Waals surface area contributed by atoms with Crippen molar-refractivity contribution >= 4 is 34.5 Å². The quantitative estimate of drug-likeness (QED) is 0.450. The van der Waals surface area contributed by atoms with Crippen LogP contribution < -0.4 is 10.9 Å². The summed E-state index contributed by atoms with van der Waals surface area (Å²) < 4.78 is 11.6. The van der Waals surface area contributed by atoms with Crippen LogP contribution in [0.5, 0.6) is 0 Å². The van der Waals surface area contributed by atoms with E-state index in [2.05, 4.69) is 5.32 Å². The molecule has 1 N–H and O–H groups in total. The Morgan fingerprint density at radius 1 is 1.20 bits per heavy atom. The summed E-state index contributed by atoms with van der Waals surface area (Å²) in [4.78, 5) is 44.8. The third kappa shape index (κ3) is 5.80. The fourth-order valence-corrected chi connectivity index (χ4v) is 3.93. The van der Waals surface area contributed by atoms with Crippen LogP contribution in [0.1, 0.15) is 31.3 Å². The highest BCUT2D eigenvalue weighted by molar-refractivity contribution is 6.31. The summed E-state index contributed by atoms with van der Waals surface area (Å²) in [6, 6.07) is 11.2. The van der Waals surface area contributed by atoms with Crippen LogP contribution in [0, 0.1) is 6.92 Å². The van der Waals surface area contributed by atoms with Gasteiger partial charge >= 0.3 is 12.0 Å². The van der Waals surface area contributed by atoms with E-state index in [0.29, 0.717) is 33.0 Å². The van der Waals surface area contributed by atoms with Gasteiger partial charge in [0.15, 0.2) is 0 Å². The van der Waals surface area contributed by atoms with Crippen molar-refractivity contribution in [3.63, 3.8) is 0 Å². The monoisotopic (exact) mass is 500 g/mol. The summed E-state index contributed by atoms with van der Waals surface area (Å²) in [5, 5.41) is 3.53. The molecule has 0 aliphatic rings. The number of urea groups is 1. The molecule has 10 heteroatoms. The van der Waals surface area contributed by atoms with E-state index in [-0.39, 0.29) is 31.9 Å². The lowest BCUT2D eigenvalue weighted by molar-refractivity contribution is -0.141. The lowest BCUT2D eigenvalue weighted by atomic mass is 10.1. The Bertz CT molecular complexity index is 1280. The molecule has 2 aromatic carbocycles. The molecule has 0 spiro atoms. The van der Waals surface area contributed by atoms with Gasteiger partial charge in [0.1, 0.15) is 12.4 Å². The maximum atomic E-state index is 13.7. The first-order valence-electron chi connectivity index (χ1n) is 11.3. The van der Waals surface area contributed by atoms with Crippen LogP contribution in [0.4, 0.5) is 4.79 Å². The van der Waals surface area contributed by atoms with Gasteiger partial charge in [0.25, 0.3) is 5.56 Å². The number of para-hydroxylation sites is 1. The molecule has 0 bridgehead atoms. The van der Waals surface area contributed by atoms with Gasteiger partial charge in [-0.1, -0.05) is 29.8 Å². The van der Waals surface area contributed by atoms with Crippen molar-refractivity contribution in [2.45, 2.75) is 26.8 Å². The van der Waals surface area contributed by atoms with E-state index in [1.165, 1.54) is 16.6 Å². The third-order valence-electron chi connectivity index (χ3n) is 5.61. The smallest absolute Gasteiger partial charge is 0.325 e. The first-order chi connectivity index (χ1) is 16.8. The summed E-state index contributed by atoms with van der Waals surface area (Å²) in [7, 11) is 1.53. The third-order valence-corrected chi connectivity index (χ3v) is 6.02. The van der Waals surface area contributed by atoms with Crippen molar-refractivity contribution in [1.29, 1.82) is 0 Å². The average Bonchev–Trinajstić information content (AvgIpc) is 2.85. The van der Waals surface area contributed by atoms with Crippen LogP contribution in [0.25, 0.3) is 16.6 Å². The number of hydrogen-bond acceptors (Lipinski definition) is 6. The fourth-order valence-electron chi connectivity index (χ4n) is 3.76. The number of nitrogens with one attached hydrogen (secondary N) is 1. The number of amides is 2. The summed E-state index contributed by atoms with van der Waals surface area (Å²) in [5.41, 5.74) is 1.51. The van der Waals surface area contributed by atoms with Gasteiger partial charge in [-0.25, -0.2) is 9.78 Å². The molecule has 1 unspecified atom stereocenters. The number of nitrogens with zero attached hydrogens (tertiary/aromatic N) is 3. The molecule has 35 heavy (non-hydrogen) atoms. The second-order valence-corrected chi connectivity index (χ2v) is 8.24. The SMILES string of the molecule is CCOC(=O)CNC(=O)N(CCOC)C(C)c1nc2ccccc2c(=O)n1-c1cccc(Cl)c1C. The summed E-state index contributed by atoms with van der Waals surface area (Å²) in [6.45, 7) is 5.65. The first-order valence-corrected chi connectivity index (χ1v) is 11.6. The van der Waals surface area contributed by atoms with Crippen molar-refractivity contribution in [3.05, 3.63) is 69.2 Å². The van der Waals surface area contributed by atoms with Gasteiger partial charge in [-0.05, 0) is 50.6 Å². The number of halogens is 1. The van der Waals surface area contributed by atoms with Gasteiger partial charge < -0.3 is 19.7 Å². The van der Waals surface area contributed by atoms with Crippen LogP contribution in [0.2, 0.25) is 5.02 Å². The molecule has 0 fully saturated rings. The van der Waals surface area contributed by atoms with Crippen molar-refractivity contribution < 1.29 is 19.1 Å². The number of ether oxygens (including phenoxy) is 2. The Morgan fingerprint density at radius 2 is 1.94 bits per heavy atom. The topological polar surface area (TPSA) is 103 Å². The molecular weight excluding hydrogens is 472 g/mol. The first kappa shape index (κ1) is 26.2. The van der Waals surface area contributed by atoms with Gasteiger partial charge in [-0.3, -0.25) is 14.2 Å². The Morgan fingerprint density at radius 3 is 2.66 bits per heavy atom. The maximum Gasteiger partial charge on any atom is 0.325 e. The lowest BCUT2D eigenvalue weighted by Crippen LogP contribution is -2.46. The van der Waals surface area contributed by atoms with E-state index in [4.69, 9.17) is 26.1 Å². The minimum atomic E-state index is -0.664. The molecule has 0 saturated carbocycles. The molecule has 1 aromatic heterocycles. The average molecular weight is 501 g/mol. The van der Waals surface area contributed by atoms with Crippen LogP contribution in [-0.2, 0) is 14.3 Å². The van der Waals surface area contributed by atoms with Crippen LogP contribution in [0.15, 0.2) is 47.3 Å². The fraction of sp³-hybridized carbons (Fsp3) is 0.360. The number of carbonyl (C=O) groups excluding carboxylic acids is 2. The highest BCUT2D eigenvalue weighted by Gasteiger charge is 2.27. The second-order valence-electron chi connectivity index (χ2n) is 7.84. The van der Waals surface area contributed by atoms with E-state index in [1.807, 2.05) is 6.92 Å². The van der Waals surface area contributed by atoms with Crippen molar-refractivity contribution in [1.82, 2.24) is 19.8 Å². The second kappa shape index (κ2) is 11.8. The maximum absolute atomic E-state index is 13.7. The standard InChI is InChI=1S/C25H29ClN4O5/c1-5-35-22(31)15-27-25(33)29(13-14-34-4)17(3)23-28-20-11-7-6-9-18(20)24(32)30(23)21-12-8-10-19(26)16(21)2/h6-12,17H,5,13-15H2,1-4H3,(H,27,33). The molecule has 0 aliphatic heterocycles. The number of fused-ring (bicyclic) bond motifs is 1. The molecule has 0 radical (unpaired) electrons. The van der Waals surface area contributed by atoms with Crippen molar-refractivity contribution in [2.24, 2.45) is 0 Å². The number of methoxy groups -OCH3 is 1. The molecule has 186 valence electrons. The number of benzene rings is 2. The minimum Gasteiger partial charge on any atom is -0.465 e. The number of rotatable bonds is 9. The zero-order valence-corrected chi connectivity index (χ0v) is 21.0. The molecule has 1 heterocycles. The van der Waals surface area contributed by atoms with Gasteiger partial charge in [0.2, 0.25) is 0 Å². The number of esters is 1. The summed E-state index contributed by atoms with van der Waals surface area (Å²) in [5.74, 6) is -0.197. The molecule has 9 nitrogen and oxygen atoms in total. The molecule has 1 atom stereocenters. The highest BCUT2D eigenvalue weighted by Crippen LogP contribution is 2.27. The van der Waals surface area contributed by atoms with E-state index in [9.17, 15) is 14.4 Å². The van der Waals surface area contributed by atoms with Crippen LogP contribution in [-0.4, -0.2) is 59.9 Å². The summed E-state index contributed by atoms with van der Waals surface area (Å²) in [6.07, 6.45) is 0. The Balaban J connectivity index is 2.14. The normalized spacial score (nSPS) is 11.8. The largest absolute Gasteiger partial charge is 0.465 e. The van der Waals surface area contributed by atoms with Gasteiger partial charge in [-0.15, -0.1) is 0 Å². The van der Waals surface area contributed by atoms with E-state index < -0.39 is 18.0 Å². The molecule has 0 aliphatic carbocycles. The van der Waals surface area contributed by atoms with Gasteiger partial charge in [0, 0.05) is 18.7 Å². The van der Waals surface area contributed by atoms with Crippen LogP contribution in [0.3, 0.4) is 0 Å². The molecule has 3 aromatic rings. The van der Waals surface area contributed by atoms with Crippen molar-refractivity contribution in [2.75, 3.05) is 33.4 Å².